The van der Waals surface area contributed by atoms with Crippen LogP contribution in [0.3, 0.4) is 0 Å². The molecular formula is C20H19ClN4O5. The van der Waals surface area contributed by atoms with E-state index < -0.39 is 10.6 Å². The molecule has 0 unspecified atom stereocenters. The number of hydrogen-bond acceptors (Lipinski definition) is 8. The summed E-state index contributed by atoms with van der Waals surface area (Å²) < 4.78 is 16.2. The van der Waals surface area contributed by atoms with Gasteiger partial charge in [-0.3, -0.25) is 10.1 Å². The average molecular weight is 431 g/mol. The van der Waals surface area contributed by atoms with E-state index in [2.05, 4.69) is 15.3 Å². The predicted octanol–water partition coefficient (Wildman–Crippen LogP) is 5.21. The van der Waals surface area contributed by atoms with Crippen molar-refractivity contribution in [3.63, 3.8) is 0 Å². The molecule has 10 heteroatoms. The van der Waals surface area contributed by atoms with E-state index in [1.807, 2.05) is 19.9 Å². The van der Waals surface area contributed by atoms with Crippen LogP contribution in [0.5, 0.6) is 23.1 Å². The quantitative estimate of drug-likeness (QED) is 0.402. The van der Waals surface area contributed by atoms with Crippen LogP contribution in [-0.2, 0) is 0 Å². The van der Waals surface area contributed by atoms with Crippen LogP contribution in [0, 0.1) is 24.0 Å². The van der Waals surface area contributed by atoms with E-state index in [1.54, 1.807) is 18.2 Å². The van der Waals surface area contributed by atoms with Gasteiger partial charge in [0, 0.05) is 6.07 Å². The number of rotatable bonds is 7. The lowest BCUT2D eigenvalue weighted by molar-refractivity contribution is -0.385. The first-order chi connectivity index (χ1) is 14.3. The van der Waals surface area contributed by atoms with Crippen molar-refractivity contribution in [3.8, 4) is 23.1 Å². The van der Waals surface area contributed by atoms with E-state index in [-0.39, 0.29) is 11.7 Å². The van der Waals surface area contributed by atoms with Gasteiger partial charge in [0.05, 0.1) is 29.9 Å². The van der Waals surface area contributed by atoms with Crippen molar-refractivity contribution in [2.24, 2.45) is 0 Å². The van der Waals surface area contributed by atoms with Crippen molar-refractivity contribution in [2.45, 2.75) is 13.8 Å². The summed E-state index contributed by atoms with van der Waals surface area (Å²) >= 11 is 6.18. The van der Waals surface area contributed by atoms with Gasteiger partial charge in [0.15, 0.2) is 0 Å². The third-order valence-electron chi connectivity index (χ3n) is 4.39. The standard InChI is InChI=1S/C20H19ClN4O5/c1-11-5-6-13(7-12(11)2)30-20-18(25(26)27)19(22-10-23-20)24-15-8-14(21)16(28-3)9-17(15)29-4/h5-10H,1-4H3,(H,22,23,24). The van der Waals surface area contributed by atoms with Crippen LogP contribution in [-0.4, -0.2) is 29.1 Å². The zero-order chi connectivity index (χ0) is 21.8. The summed E-state index contributed by atoms with van der Waals surface area (Å²) in [5.41, 5.74) is 2.00. The first-order valence-electron chi connectivity index (χ1n) is 8.77. The molecule has 3 aromatic rings. The molecule has 156 valence electrons. The maximum atomic E-state index is 11.8. The molecule has 0 aliphatic carbocycles. The van der Waals surface area contributed by atoms with Gasteiger partial charge in [0.25, 0.3) is 0 Å². The minimum absolute atomic E-state index is 0.0756. The Labute approximate surface area is 177 Å². The number of nitro groups is 1. The van der Waals surface area contributed by atoms with E-state index >= 15 is 0 Å². The third kappa shape index (κ3) is 4.36. The number of anilines is 2. The lowest BCUT2D eigenvalue weighted by atomic mass is 10.1. The lowest BCUT2D eigenvalue weighted by Gasteiger charge is -2.14. The predicted molar refractivity (Wildman–Crippen MR) is 113 cm³/mol. The molecule has 1 heterocycles. The SMILES string of the molecule is COc1cc(OC)c(Nc2ncnc(Oc3ccc(C)c(C)c3)c2[N+](=O)[O-])cc1Cl. The van der Waals surface area contributed by atoms with Gasteiger partial charge in [0.1, 0.15) is 23.6 Å². The Hall–Kier alpha value is -3.59. The van der Waals surface area contributed by atoms with Gasteiger partial charge in [-0.2, -0.15) is 4.98 Å². The van der Waals surface area contributed by atoms with Gasteiger partial charge >= 0.3 is 11.6 Å². The Balaban J connectivity index is 2.02. The summed E-state index contributed by atoms with van der Waals surface area (Å²) in [5.74, 6) is 0.916. The van der Waals surface area contributed by atoms with E-state index in [4.69, 9.17) is 25.8 Å². The molecule has 0 atom stereocenters. The molecule has 0 bridgehead atoms. The highest BCUT2D eigenvalue weighted by Gasteiger charge is 2.26. The van der Waals surface area contributed by atoms with Gasteiger partial charge < -0.3 is 19.5 Å². The summed E-state index contributed by atoms with van der Waals surface area (Å²) in [5, 5.41) is 15.0. The maximum Gasteiger partial charge on any atom is 0.373 e. The fourth-order valence-corrected chi connectivity index (χ4v) is 2.91. The lowest BCUT2D eigenvalue weighted by Crippen LogP contribution is -2.04. The van der Waals surface area contributed by atoms with Crippen LogP contribution < -0.4 is 19.5 Å². The van der Waals surface area contributed by atoms with E-state index in [1.165, 1.54) is 26.6 Å². The molecule has 0 aliphatic rings. The molecule has 0 amide bonds. The van der Waals surface area contributed by atoms with Crippen LogP contribution in [0.1, 0.15) is 11.1 Å². The van der Waals surface area contributed by atoms with Crippen LogP contribution in [0.25, 0.3) is 0 Å². The molecule has 0 spiro atoms. The molecule has 2 aromatic carbocycles. The molecule has 30 heavy (non-hydrogen) atoms. The number of nitrogens with zero attached hydrogens (tertiary/aromatic N) is 3. The van der Waals surface area contributed by atoms with Crippen molar-refractivity contribution in [1.82, 2.24) is 9.97 Å². The fourth-order valence-electron chi connectivity index (χ4n) is 2.67. The van der Waals surface area contributed by atoms with Crippen LogP contribution in [0.2, 0.25) is 5.02 Å². The van der Waals surface area contributed by atoms with Gasteiger partial charge in [-0.1, -0.05) is 17.7 Å². The van der Waals surface area contributed by atoms with Gasteiger partial charge in [-0.25, -0.2) is 4.98 Å². The normalized spacial score (nSPS) is 10.4. The zero-order valence-corrected chi connectivity index (χ0v) is 17.5. The fraction of sp³-hybridized carbons (Fsp3) is 0.200. The number of aryl methyl sites for hydroxylation is 2. The Morgan fingerprint density at radius 2 is 1.77 bits per heavy atom. The summed E-state index contributed by atoms with van der Waals surface area (Å²) in [6, 6.07) is 8.44. The summed E-state index contributed by atoms with van der Waals surface area (Å²) in [6.07, 6.45) is 1.17. The largest absolute Gasteiger partial charge is 0.495 e. The number of methoxy groups -OCH3 is 2. The van der Waals surface area contributed by atoms with Crippen LogP contribution >= 0.6 is 11.6 Å². The second kappa shape index (κ2) is 8.83. The molecule has 9 nitrogen and oxygen atoms in total. The highest BCUT2D eigenvalue weighted by molar-refractivity contribution is 6.32. The minimum atomic E-state index is -0.615. The van der Waals surface area contributed by atoms with Crippen molar-refractivity contribution in [1.29, 1.82) is 0 Å². The Morgan fingerprint density at radius 3 is 2.40 bits per heavy atom. The van der Waals surface area contributed by atoms with Crippen molar-refractivity contribution < 1.29 is 19.1 Å². The van der Waals surface area contributed by atoms with Crippen LogP contribution in [0.15, 0.2) is 36.7 Å². The summed E-state index contributed by atoms with van der Waals surface area (Å²) in [7, 11) is 2.93. The Kier molecular flexibility index (Phi) is 6.22. The molecule has 0 fully saturated rings. The molecule has 3 rings (SSSR count). The second-order valence-corrected chi connectivity index (χ2v) is 6.70. The first kappa shape index (κ1) is 21.1. The zero-order valence-electron chi connectivity index (χ0n) is 16.7. The number of halogens is 1. The highest BCUT2D eigenvalue weighted by Crippen LogP contribution is 2.40. The molecule has 0 radical (unpaired) electrons. The van der Waals surface area contributed by atoms with E-state index in [9.17, 15) is 10.1 Å². The van der Waals surface area contributed by atoms with Crippen molar-refractivity contribution >= 4 is 28.8 Å². The Bertz CT molecular complexity index is 1110. The maximum absolute atomic E-state index is 11.8. The first-order valence-corrected chi connectivity index (χ1v) is 9.15. The number of ether oxygens (including phenoxy) is 3. The van der Waals surface area contributed by atoms with Crippen LogP contribution in [0.4, 0.5) is 17.2 Å². The summed E-state index contributed by atoms with van der Waals surface area (Å²) in [4.78, 5) is 19.1. The average Bonchev–Trinajstić information content (AvgIpc) is 2.71. The number of hydrogen-bond donors (Lipinski definition) is 1. The monoisotopic (exact) mass is 430 g/mol. The third-order valence-corrected chi connectivity index (χ3v) is 4.69. The smallest absolute Gasteiger partial charge is 0.373 e. The molecular weight excluding hydrogens is 412 g/mol. The number of aromatic nitrogens is 2. The number of benzene rings is 2. The topological polar surface area (TPSA) is 109 Å². The van der Waals surface area contributed by atoms with Crippen molar-refractivity contribution in [3.05, 3.63) is 62.9 Å². The highest BCUT2D eigenvalue weighted by atomic mass is 35.5. The molecule has 0 saturated heterocycles. The van der Waals surface area contributed by atoms with Gasteiger partial charge in [-0.15, -0.1) is 0 Å². The summed E-state index contributed by atoms with van der Waals surface area (Å²) in [6.45, 7) is 3.88. The molecule has 1 aromatic heterocycles. The molecule has 0 saturated carbocycles. The molecule has 0 aliphatic heterocycles. The van der Waals surface area contributed by atoms with Gasteiger partial charge in [0.2, 0.25) is 5.82 Å². The Morgan fingerprint density at radius 1 is 1.03 bits per heavy atom. The van der Waals surface area contributed by atoms with Crippen molar-refractivity contribution in [2.75, 3.05) is 19.5 Å². The van der Waals surface area contributed by atoms with E-state index in [0.29, 0.717) is 28.0 Å². The number of nitrogens with one attached hydrogen (secondary N) is 1. The van der Waals surface area contributed by atoms with Gasteiger partial charge in [-0.05, 0) is 43.2 Å². The second-order valence-electron chi connectivity index (χ2n) is 6.29. The van der Waals surface area contributed by atoms with E-state index in [0.717, 1.165) is 11.1 Å². The minimum Gasteiger partial charge on any atom is -0.495 e. The molecule has 1 N–H and O–H groups in total.